The van der Waals surface area contributed by atoms with Gasteiger partial charge in [0.15, 0.2) is 6.10 Å². The Kier molecular flexibility index (Phi) is 6.48. The van der Waals surface area contributed by atoms with Crippen molar-refractivity contribution in [3.8, 4) is 11.5 Å². The van der Waals surface area contributed by atoms with Gasteiger partial charge in [-0.15, -0.1) is 0 Å². The number of halogens is 2. The first-order valence-corrected chi connectivity index (χ1v) is 7.60. The number of anilines is 1. The van der Waals surface area contributed by atoms with Crippen LogP contribution in [0.15, 0.2) is 48.5 Å². The molecule has 8 heteroatoms. The number of amides is 1. The Hall–Kier alpha value is -3.16. The van der Waals surface area contributed by atoms with Gasteiger partial charge in [0.2, 0.25) is 0 Å². The van der Waals surface area contributed by atoms with Crippen LogP contribution in [0, 0.1) is 0 Å². The number of esters is 1. The summed E-state index contributed by atoms with van der Waals surface area (Å²) < 4.78 is 39.2. The molecule has 6 nitrogen and oxygen atoms in total. The van der Waals surface area contributed by atoms with Crippen LogP contribution in [-0.2, 0) is 9.53 Å². The standard InChI is InChI=1S/C18H17F2NO5/c1-11(25-13-9-7-12(8-10-13)17(23)24-2)16(22)21-14-5-3-4-6-15(14)26-18(19)20/h3-11,18H,1-2H3,(H,21,22)/t11-/m0/s1. The van der Waals surface area contributed by atoms with E-state index in [1.165, 1.54) is 56.5 Å². The Balaban J connectivity index is 2.01. The van der Waals surface area contributed by atoms with Crippen molar-refractivity contribution in [1.82, 2.24) is 0 Å². The maximum atomic E-state index is 12.4. The fraction of sp³-hybridized carbons (Fsp3) is 0.222. The van der Waals surface area contributed by atoms with Gasteiger partial charge in [0.1, 0.15) is 11.5 Å². The van der Waals surface area contributed by atoms with E-state index in [0.717, 1.165) is 0 Å². The van der Waals surface area contributed by atoms with Crippen LogP contribution in [0.4, 0.5) is 14.5 Å². The Morgan fingerprint density at radius 2 is 1.65 bits per heavy atom. The van der Waals surface area contributed by atoms with Crippen molar-refractivity contribution >= 4 is 17.6 Å². The number of benzene rings is 2. The zero-order valence-electron chi connectivity index (χ0n) is 14.1. The molecule has 26 heavy (non-hydrogen) atoms. The number of alkyl halides is 2. The second-order valence-corrected chi connectivity index (χ2v) is 5.14. The van der Waals surface area contributed by atoms with Crippen molar-refractivity contribution in [2.24, 2.45) is 0 Å². The molecule has 0 saturated carbocycles. The van der Waals surface area contributed by atoms with Crippen LogP contribution in [0.3, 0.4) is 0 Å². The van der Waals surface area contributed by atoms with E-state index < -0.39 is 24.6 Å². The van der Waals surface area contributed by atoms with E-state index in [9.17, 15) is 18.4 Å². The second-order valence-electron chi connectivity index (χ2n) is 5.14. The highest BCUT2D eigenvalue weighted by Crippen LogP contribution is 2.26. The molecule has 1 atom stereocenters. The summed E-state index contributed by atoms with van der Waals surface area (Å²) in [4.78, 5) is 23.6. The van der Waals surface area contributed by atoms with Crippen LogP contribution < -0.4 is 14.8 Å². The molecule has 0 spiro atoms. The van der Waals surface area contributed by atoms with Gasteiger partial charge < -0.3 is 19.5 Å². The molecule has 0 aliphatic carbocycles. The molecule has 0 unspecified atom stereocenters. The fourth-order valence-electron chi connectivity index (χ4n) is 2.05. The molecule has 0 heterocycles. The molecule has 0 bridgehead atoms. The summed E-state index contributed by atoms with van der Waals surface area (Å²) in [5.41, 5.74) is 0.448. The van der Waals surface area contributed by atoms with Crippen molar-refractivity contribution in [3.63, 3.8) is 0 Å². The number of ether oxygens (including phenoxy) is 3. The minimum absolute atomic E-state index is 0.106. The summed E-state index contributed by atoms with van der Waals surface area (Å²) in [7, 11) is 1.27. The van der Waals surface area contributed by atoms with E-state index in [1.807, 2.05) is 0 Å². The third-order valence-corrected chi connectivity index (χ3v) is 3.32. The minimum atomic E-state index is -3.00. The highest BCUT2D eigenvalue weighted by Gasteiger charge is 2.18. The third-order valence-electron chi connectivity index (χ3n) is 3.32. The maximum Gasteiger partial charge on any atom is 0.387 e. The average Bonchev–Trinajstić information content (AvgIpc) is 2.62. The van der Waals surface area contributed by atoms with Crippen LogP contribution in [0.1, 0.15) is 17.3 Å². The summed E-state index contributed by atoms with van der Waals surface area (Å²) in [6.45, 7) is -1.50. The van der Waals surface area contributed by atoms with Gasteiger partial charge in [-0.1, -0.05) is 12.1 Å². The third kappa shape index (κ3) is 5.17. The highest BCUT2D eigenvalue weighted by molar-refractivity contribution is 5.95. The zero-order chi connectivity index (χ0) is 19.1. The number of carbonyl (C=O) groups is 2. The number of hydrogen-bond donors (Lipinski definition) is 1. The number of rotatable bonds is 7. The normalized spacial score (nSPS) is 11.6. The lowest BCUT2D eigenvalue weighted by Gasteiger charge is -2.16. The SMILES string of the molecule is COC(=O)c1ccc(O[C@@H](C)C(=O)Nc2ccccc2OC(F)F)cc1. The topological polar surface area (TPSA) is 73.9 Å². The van der Waals surface area contributed by atoms with Crippen LogP contribution in [0.2, 0.25) is 0 Å². The molecule has 0 radical (unpaired) electrons. The lowest BCUT2D eigenvalue weighted by atomic mass is 10.2. The van der Waals surface area contributed by atoms with Gasteiger partial charge in [0, 0.05) is 0 Å². The van der Waals surface area contributed by atoms with Crippen molar-refractivity contribution in [2.75, 3.05) is 12.4 Å². The monoisotopic (exact) mass is 365 g/mol. The number of nitrogens with one attached hydrogen (secondary N) is 1. The number of para-hydroxylation sites is 2. The first kappa shape index (κ1) is 19.2. The Bertz CT molecular complexity index is 764. The molecule has 0 saturated heterocycles. The Labute approximate surface area is 148 Å². The Morgan fingerprint density at radius 3 is 2.27 bits per heavy atom. The first-order valence-electron chi connectivity index (χ1n) is 7.60. The summed E-state index contributed by atoms with van der Waals surface area (Å²) in [6, 6.07) is 11.9. The van der Waals surface area contributed by atoms with Gasteiger partial charge in [-0.2, -0.15) is 8.78 Å². The summed E-state index contributed by atoms with van der Waals surface area (Å²) in [5, 5.41) is 2.48. The number of hydrogen-bond acceptors (Lipinski definition) is 5. The minimum Gasteiger partial charge on any atom is -0.481 e. The highest BCUT2D eigenvalue weighted by atomic mass is 19.3. The van der Waals surface area contributed by atoms with E-state index in [4.69, 9.17) is 4.74 Å². The zero-order valence-corrected chi connectivity index (χ0v) is 14.1. The van der Waals surface area contributed by atoms with Crippen molar-refractivity contribution in [2.45, 2.75) is 19.6 Å². The fourth-order valence-corrected chi connectivity index (χ4v) is 2.05. The van der Waals surface area contributed by atoms with E-state index in [-0.39, 0.29) is 11.4 Å². The number of carbonyl (C=O) groups excluding carboxylic acids is 2. The maximum absolute atomic E-state index is 12.4. The van der Waals surface area contributed by atoms with Gasteiger partial charge in [-0.25, -0.2) is 4.79 Å². The summed E-state index contributed by atoms with van der Waals surface area (Å²) >= 11 is 0. The molecular formula is C18H17F2NO5. The first-order chi connectivity index (χ1) is 12.4. The van der Waals surface area contributed by atoms with E-state index in [2.05, 4.69) is 14.8 Å². The van der Waals surface area contributed by atoms with Crippen LogP contribution >= 0.6 is 0 Å². The molecule has 0 fully saturated rings. The van der Waals surface area contributed by atoms with E-state index in [0.29, 0.717) is 11.3 Å². The van der Waals surface area contributed by atoms with Crippen molar-refractivity contribution < 1.29 is 32.6 Å². The summed E-state index contributed by atoms with van der Waals surface area (Å²) in [5.74, 6) is -0.826. The molecule has 138 valence electrons. The largest absolute Gasteiger partial charge is 0.481 e. The van der Waals surface area contributed by atoms with Gasteiger partial charge in [0.05, 0.1) is 18.4 Å². The number of methoxy groups -OCH3 is 1. The van der Waals surface area contributed by atoms with Crippen LogP contribution in [-0.4, -0.2) is 31.7 Å². The second kappa shape index (κ2) is 8.80. The van der Waals surface area contributed by atoms with Crippen molar-refractivity contribution in [1.29, 1.82) is 0 Å². The predicted molar refractivity (Wildman–Crippen MR) is 89.6 cm³/mol. The summed E-state index contributed by atoms with van der Waals surface area (Å²) in [6.07, 6.45) is -0.918. The van der Waals surface area contributed by atoms with Gasteiger partial charge >= 0.3 is 12.6 Å². The molecule has 0 aliphatic heterocycles. The molecule has 2 aromatic rings. The molecule has 0 aliphatic rings. The molecule has 0 aromatic heterocycles. The van der Waals surface area contributed by atoms with Crippen LogP contribution in [0.5, 0.6) is 11.5 Å². The molecule has 2 rings (SSSR count). The lowest BCUT2D eigenvalue weighted by molar-refractivity contribution is -0.122. The molecule has 2 aromatic carbocycles. The van der Waals surface area contributed by atoms with Gasteiger partial charge in [-0.3, -0.25) is 4.79 Å². The Morgan fingerprint density at radius 1 is 1.00 bits per heavy atom. The van der Waals surface area contributed by atoms with Gasteiger partial charge in [0.25, 0.3) is 5.91 Å². The molecule has 1 N–H and O–H groups in total. The van der Waals surface area contributed by atoms with Crippen molar-refractivity contribution in [3.05, 3.63) is 54.1 Å². The smallest absolute Gasteiger partial charge is 0.387 e. The molecule has 1 amide bonds. The predicted octanol–water partition coefficient (Wildman–Crippen LogP) is 3.48. The van der Waals surface area contributed by atoms with E-state index >= 15 is 0 Å². The molecular weight excluding hydrogens is 348 g/mol. The van der Waals surface area contributed by atoms with Gasteiger partial charge in [-0.05, 0) is 43.3 Å². The average molecular weight is 365 g/mol. The van der Waals surface area contributed by atoms with E-state index in [1.54, 1.807) is 6.07 Å². The quantitative estimate of drug-likeness (QED) is 0.761. The lowest BCUT2D eigenvalue weighted by Crippen LogP contribution is -2.30. The van der Waals surface area contributed by atoms with Crippen LogP contribution in [0.25, 0.3) is 0 Å².